The average molecular weight is 1320 g/mol. The summed E-state index contributed by atoms with van der Waals surface area (Å²) in [6.45, 7) is 4.51. The van der Waals surface area contributed by atoms with Gasteiger partial charge >= 0.3 is 253 Å². The molecule has 0 aromatic heterocycles. The van der Waals surface area contributed by atoms with Gasteiger partial charge in [0.05, 0.1) is 0 Å². The van der Waals surface area contributed by atoms with Gasteiger partial charge in [0.25, 0.3) is 0 Å². The monoisotopic (exact) mass is 1320 g/mol. The fraction of sp³-hybridized carbons (Fsp3) is 1.00. The molecule has 0 aromatic carbocycles. The van der Waals surface area contributed by atoms with Gasteiger partial charge < -0.3 is 0 Å². The minimum absolute atomic E-state index is 0. The first-order valence-electron chi connectivity index (χ1n) is 8.52. The zero-order chi connectivity index (χ0) is 20.2. The zero-order valence-electron chi connectivity index (χ0n) is 16.1. The molecule has 0 saturated heterocycles. The van der Waals surface area contributed by atoms with Gasteiger partial charge in [0, 0.05) is 0 Å². The summed E-state index contributed by atoms with van der Waals surface area (Å²) in [7, 11) is 0.0173. The fourth-order valence-electron chi connectivity index (χ4n) is 0.879. The molecule has 35 heavy (non-hydrogen) atoms. The molecule has 0 aliphatic heterocycles. The Morgan fingerprint density at radius 3 is 1.00 bits per heavy atom. The molecule has 0 heterocycles. The Morgan fingerprint density at radius 2 is 0.857 bits per heavy atom. The van der Waals surface area contributed by atoms with Crippen molar-refractivity contribution in [3.05, 3.63) is 0 Å². The van der Waals surface area contributed by atoms with Crippen molar-refractivity contribution in [2.24, 2.45) is 0 Å². The zero-order valence-corrected chi connectivity index (χ0v) is 45.4. The summed E-state index contributed by atoms with van der Waals surface area (Å²) in [6.07, 6.45) is 5.72. The van der Waals surface area contributed by atoms with E-state index in [1.54, 1.807) is 15.6 Å². The van der Waals surface area contributed by atoms with E-state index in [2.05, 4.69) is 43.4 Å². The summed E-state index contributed by atoms with van der Waals surface area (Å²) in [5, 5.41) is 9.36. The van der Waals surface area contributed by atoms with Crippen molar-refractivity contribution >= 4 is 182 Å². The van der Waals surface area contributed by atoms with Gasteiger partial charge in [-0.3, -0.25) is 0 Å². The number of rotatable bonds is 12. The quantitative estimate of drug-likeness (QED) is 0.207. The van der Waals surface area contributed by atoms with Gasteiger partial charge in [-0.25, -0.2) is 0 Å². The second-order valence-corrected chi connectivity index (χ2v) is 122. The van der Waals surface area contributed by atoms with Crippen LogP contribution in [0.3, 0.4) is 0 Å². The van der Waals surface area contributed by atoms with Crippen LogP contribution in [-0.4, -0.2) is 182 Å². The molecule has 0 amide bonds. The SMILES string of the molecule is C.C.C.C.C.C.C.C.C.C.CCCC[AsH2].CCCC[AsH][AsH][AsH2].[AsH2]CC[AsH][AsH][AsH2].[AsH2]CC[AsH][As]([AsH2])[AsH2]. The molecule has 0 radical (unpaired) electrons. The molecule has 0 aliphatic rings. The minimum atomic E-state index is 0. The van der Waals surface area contributed by atoms with Crippen molar-refractivity contribution in [1.82, 2.24) is 0 Å². The van der Waals surface area contributed by atoms with E-state index in [4.69, 9.17) is 0 Å². The molecule has 238 valence electrons. The van der Waals surface area contributed by atoms with Crippen LogP contribution in [0.4, 0.5) is 0 Å². The third kappa shape index (κ3) is 155. The molecule has 12 unspecified atom stereocenters. The van der Waals surface area contributed by atoms with Crippen molar-refractivity contribution in [3.8, 4) is 0 Å². The summed E-state index contributed by atoms with van der Waals surface area (Å²) in [4.78, 5) is 0. The Kier molecular flexibility index (Phi) is 270. The molecule has 0 saturated carbocycles. The summed E-state index contributed by atoms with van der Waals surface area (Å²) in [5.41, 5.74) is 0. The van der Waals surface area contributed by atoms with E-state index in [-0.39, 0.29) is 82.7 Å². The summed E-state index contributed by atoms with van der Waals surface area (Å²) in [5.74, 6) is 0. The normalized spacial score (nSPS) is 8.40. The Bertz CT molecular complexity index is 171. The fourth-order valence-corrected chi connectivity index (χ4v) is 61.9. The number of hydrogen-bond acceptors (Lipinski definition) is 0. The van der Waals surface area contributed by atoms with E-state index >= 15 is 0 Å². The number of unbranched alkanes of at least 4 members (excludes halogenated alkanes) is 2. The Labute approximate surface area is 321 Å². The van der Waals surface area contributed by atoms with Gasteiger partial charge in [0.15, 0.2) is 0 Å². The van der Waals surface area contributed by atoms with Crippen LogP contribution in [-0.2, 0) is 0 Å². The molecule has 0 rings (SSSR count). The van der Waals surface area contributed by atoms with E-state index < -0.39 is 0 Å². The van der Waals surface area contributed by atoms with Crippen LogP contribution in [0.5, 0.6) is 0 Å². The predicted octanol–water partition coefficient (Wildman–Crippen LogP) is 1.68. The molecule has 0 fully saturated rings. The van der Waals surface area contributed by atoms with Gasteiger partial charge in [-0.1, -0.05) is 74.3 Å². The Morgan fingerprint density at radius 1 is 0.514 bits per heavy atom. The molecule has 0 spiro atoms. The molecule has 0 nitrogen and oxygen atoms in total. The van der Waals surface area contributed by atoms with Crippen LogP contribution in [0.15, 0.2) is 0 Å². The summed E-state index contributed by atoms with van der Waals surface area (Å²) >= 11 is 17.4. The van der Waals surface area contributed by atoms with Crippen molar-refractivity contribution in [3.63, 3.8) is 0 Å². The molecule has 12 atom stereocenters. The standard InChI is InChI=1S/C4H13As3.C4H11As.C2H11As5.C2H10As4.10CH4/c1-2-3-4-6-7-5;1-2-3-4-5;3-1-2-6-7(4)5;3-1-2-5-6-4;;;;;;;;;;/h6-7H,2-5H2,1H3;2-5H2,1H3;6H,1-5H2;5-6H,1-4H2;10*1H4. The molecular formula is C22H85As13. The van der Waals surface area contributed by atoms with Gasteiger partial charge in [0.2, 0.25) is 0 Å². The molecule has 0 bridgehead atoms. The second kappa shape index (κ2) is 105. The van der Waals surface area contributed by atoms with E-state index in [0.29, 0.717) is 64.3 Å². The van der Waals surface area contributed by atoms with Crippen LogP contribution >= 0.6 is 0 Å². The predicted molar refractivity (Wildman–Crippen MR) is 227 cm³/mol. The van der Waals surface area contributed by atoms with Crippen molar-refractivity contribution in [2.45, 2.75) is 145 Å². The van der Waals surface area contributed by atoms with Gasteiger partial charge in [-0.2, -0.15) is 0 Å². The topological polar surface area (TPSA) is 0 Å². The summed E-state index contributed by atoms with van der Waals surface area (Å²) in [6, 6.07) is 0. The van der Waals surface area contributed by atoms with Gasteiger partial charge in [-0.05, 0) is 0 Å². The first-order valence-corrected chi connectivity index (χ1v) is 65.4. The Hall–Kier alpha value is 7.26. The van der Waals surface area contributed by atoms with Crippen LogP contribution in [0, 0.1) is 0 Å². The van der Waals surface area contributed by atoms with Crippen molar-refractivity contribution in [2.75, 3.05) is 0 Å². The maximum absolute atomic E-state index is 2.28. The van der Waals surface area contributed by atoms with E-state index in [0.717, 1.165) is 0 Å². The van der Waals surface area contributed by atoms with E-state index in [1.807, 2.05) is 80.1 Å². The molecular weight excluding hydrogens is 1240 g/mol. The van der Waals surface area contributed by atoms with E-state index in [1.165, 1.54) is 41.3 Å². The van der Waals surface area contributed by atoms with Crippen LogP contribution in [0.1, 0.15) is 114 Å². The van der Waals surface area contributed by atoms with Crippen LogP contribution < -0.4 is 0 Å². The first-order chi connectivity index (χ1) is 12.0. The van der Waals surface area contributed by atoms with Gasteiger partial charge in [0.1, 0.15) is 0 Å². The van der Waals surface area contributed by atoms with E-state index in [9.17, 15) is 0 Å². The number of hydrogen-bond donors (Lipinski definition) is 0. The summed E-state index contributed by atoms with van der Waals surface area (Å²) < 4.78 is 0. The Balaban J connectivity index is -0.0000000129. The van der Waals surface area contributed by atoms with Crippen molar-refractivity contribution < 1.29 is 0 Å². The average Bonchev–Trinajstić information content (AvgIpc) is 2.61. The van der Waals surface area contributed by atoms with Crippen molar-refractivity contribution in [1.29, 1.82) is 0 Å². The van der Waals surface area contributed by atoms with Gasteiger partial charge in [-0.15, -0.1) is 0 Å². The maximum atomic E-state index is 2.28. The first kappa shape index (κ1) is 90.1. The van der Waals surface area contributed by atoms with Crippen LogP contribution in [0.2, 0.25) is 31.3 Å². The second-order valence-electron chi connectivity index (χ2n) is 4.53. The molecule has 0 aliphatic carbocycles. The third-order valence-electron chi connectivity index (χ3n) is 2.13. The molecule has 0 N–H and O–H groups in total. The molecule has 0 aromatic rings. The van der Waals surface area contributed by atoms with Crippen LogP contribution in [0.25, 0.3) is 0 Å². The molecule has 13 heteroatoms. The third-order valence-corrected chi connectivity index (χ3v) is 74.5.